The van der Waals surface area contributed by atoms with E-state index in [1.807, 2.05) is 48.5 Å². The Kier molecular flexibility index (Phi) is 7.77. The third-order valence-corrected chi connectivity index (χ3v) is 6.54. The first-order valence-electron chi connectivity index (χ1n) is 13.1. The number of rotatable bonds is 7. The van der Waals surface area contributed by atoms with Gasteiger partial charge in [0.15, 0.2) is 11.6 Å². The summed E-state index contributed by atoms with van der Waals surface area (Å²) in [6.07, 6.45) is 0.369. The first kappa shape index (κ1) is 26.9. The molecule has 0 saturated heterocycles. The zero-order valence-corrected chi connectivity index (χ0v) is 22.2. The lowest BCUT2D eigenvalue weighted by molar-refractivity contribution is 0.205. The molecule has 8 nitrogen and oxygen atoms in total. The normalized spacial score (nSPS) is 12.7. The van der Waals surface area contributed by atoms with Gasteiger partial charge in [-0.1, -0.05) is 30.3 Å². The zero-order chi connectivity index (χ0) is 28.2. The van der Waals surface area contributed by atoms with Gasteiger partial charge in [-0.05, 0) is 55.8 Å². The summed E-state index contributed by atoms with van der Waals surface area (Å²) in [5.74, 6) is -1.64. The van der Waals surface area contributed by atoms with Gasteiger partial charge in [0.25, 0.3) is 5.56 Å². The van der Waals surface area contributed by atoms with Gasteiger partial charge in [0, 0.05) is 43.0 Å². The summed E-state index contributed by atoms with van der Waals surface area (Å²) in [5, 5.41) is 9.31. The highest BCUT2D eigenvalue weighted by Gasteiger charge is 2.27. The molecule has 2 heterocycles. The average molecular weight is 545 g/mol. The predicted molar refractivity (Wildman–Crippen MR) is 152 cm³/mol. The Morgan fingerprint density at radius 3 is 2.52 bits per heavy atom. The fraction of sp³-hybridized carbons (Fsp3) is 0.233. The van der Waals surface area contributed by atoms with Crippen molar-refractivity contribution in [2.24, 2.45) is 0 Å². The molecule has 0 saturated carbocycles. The summed E-state index contributed by atoms with van der Waals surface area (Å²) in [6.45, 7) is 4.95. The number of nitrogens with zero attached hydrogens (tertiary/aromatic N) is 3. The number of aromatic nitrogens is 2. The van der Waals surface area contributed by atoms with Crippen LogP contribution in [-0.2, 0) is 19.5 Å². The minimum atomic E-state index is -1.06. The monoisotopic (exact) mass is 544 g/mol. The maximum atomic E-state index is 13.9. The summed E-state index contributed by atoms with van der Waals surface area (Å²) in [5.41, 5.74) is 3.55. The molecule has 40 heavy (non-hydrogen) atoms. The van der Waals surface area contributed by atoms with Crippen molar-refractivity contribution in [3.8, 4) is 5.69 Å². The van der Waals surface area contributed by atoms with Crippen molar-refractivity contribution >= 4 is 23.4 Å². The van der Waals surface area contributed by atoms with Crippen molar-refractivity contribution in [3.63, 3.8) is 0 Å². The Morgan fingerprint density at radius 2 is 1.77 bits per heavy atom. The second-order valence-electron chi connectivity index (χ2n) is 9.92. The number of carbonyl (C=O) groups is 1. The molecule has 0 bridgehead atoms. The maximum absolute atomic E-state index is 13.9. The number of fused-ring (bicyclic) bond motifs is 1. The Bertz CT molecular complexity index is 1590. The average Bonchev–Trinajstić information content (AvgIpc) is 2.94. The number of halogens is 2. The van der Waals surface area contributed by atoms with Crippen LogP contribution >= 0.6 is 0 Å². The van der Waals surface area contributed by atoms with Crippen molar-refractivity contribution in [2.45, 2.75) is 39.4 Å². The minimum Gasteiger partial charge on any atom is -0.383 e. The van der Waals surface area contributed by atoms with Crippen LogP contribution in [0.15, 0.2) is 77.6 Å². The fourth-order valence-corrected chi connectivity index (χ4v) is 4.65. The molecule has 0 atom stereocenters. The lowest BCUT2D eigenvalue weighted by Crippen LogP contribution is -2.43. The molecule has 4 aromatic rings. The molecule has 3 aromatic carbocycles. The van der Waals surface area contributed by atoms with Gasteiger partial charge in [0.2, 0.25) is 5.95 Å². The first-order chi connectivity index (χ1) is 19.3. The Hall–Kier alpha value is -4.73. The molecule has 2 amide bonds. The van der Waals surface area contributed by atoms with Crippen molar-refractivity contribution < 1.29 is 13.6 Å². The molecule has 0 radical (unpaired) electrons. The van der Waals surface area contributed by atoms with Crippen LogP contribution in [0, 0.1) is 11.6 Å². The topological polar surface area (TPSA) is 91.3 Å². The van der Waals surface area contributed by atoms with Crippen molar-refractivity contribution in [2.75, 3.05) is 22.5 Å². The lowest BCUT2D eigenvalue weighted by atomic mass is 10.1. The van der Waals surface area contributed by atoms with E-state index in [-0.39, 0.29) is 17.8 Å². The Balaban J connectivity index is 1.42. The number of hydrogen-bond donors (Lipinski definition) is 3. The highest BCUT2D eigenvalue weighted by atomic mass is 19.2. The molecule has 10 heteroatoms. The Morgan fingerprint density at radius 1 is 0.975 bits per heavy atom. The van der Waals surface area contributed by atoms with Crippen LogP contribution in [0.3, 0.4) is 0 Å². The quantitative estimate of drug-likeness (QED) is 0.285. The number of nitrogens with one attached hydrogen (secondary N) is 3. The van der Waals surface area contributed by atoms with Gasteiger partial charge < -0.3 is 20.9 Å². The summed E-state index contributed by atoms with van der Waals surface area (Å²) in [4.78, 5) is 33.0. The largest absolute Gasteiger partial charge is 0.383 e. The summed E-state index contributed by atoms with van der Waals surface area (Å²) in [6, 6.07) is 20.2. The van der Waals surface area contributed by atoms with E-state index in [1.165, 1.54) is 15.5 Å². The van der Waals surface area contributed by atoms with Gasteiger partial charge in [-0.3, -0.25) is 4.79 Å². The second-order valence-corrected chi connectivity index (χ2v) is 9.92. The van der Waals surface area contributed by atoms with Crippen LogP contribution in [0.2, 0.25) is 0 Å². The van der Waals surface area contributed by atoms with E-state index in [0.29, 0.717) is 48.4 Å². The molecule has 1 aromatic heterocycles. The maximum Gasteiger partial charge on any atom is 0.322 e. The minimum absolute atomic E-state index is 0.0344. The predicted octanol–water partition coefficient (Wildman–Crippen LogP) is 5.53. The van der Waals surface area contributed by atoms with Crippen LogP contribution in [0.4, 0.5) is 30.9 Å². The molecule has 0 aliphatic carbocycles. The molecule has 206 valence electrons. The van der Waals surface area contributed by atoms with Crippen molar-refractivity contribution in [3.05, 3.63) is 112 Å². The number of hydrogen-bond acceptors (Lipinski definition) is 5. The van der Waals surface area contributed by atoms with Crippen molar-refractivity contribution in [1.29, 1.82) is 0 Å². The third kappa shape index (κ3) is 5.96. The van der Waals surface area contributed by atoms with Crippen LogP contribution in [0.5, 0.6) is 0 Å². The van der Waals surface area contributed by atoms with E-state index >= 15 is 0 Å². The van der Waals surface area contributed by atoms with E-state index in [1.54, 1.807) is 0 Å². The Labute approximate surface area is 230 Å². The van der Waals surface area contributed by atoms with E-state index in [9.17, 15) is 18.4 Å². The molecule has 3 N–H and O–H groups in total. The highest BCUT2D eigenvalue weighted by molar-refractivity contribution is 5.89. The fourth-order valence-electron chi connectivity index (χ4n) is 4.65. The molecule has 1 aliphatic rings. The number of benzene rings is 3. The van der Waals surface area contributed by atoms with Gasteiger partial charge >= 0.3 is 6.03 Å². The van der Waals surface area contributed by atoms with Gasteiger partial charge in [-0.2, -0.15) is 0 Å². The summed E-state index contributed by atoms with van der Waals surface area (Å²) in [7, 11) is 0. The van der Waals surface area contributed by atoms with Gasteiger partial charge in [-0.25, -0.2) is 23.1 Å². The first-order valence-corrected chi connectivity index (χ1v) is 13.1. The van der Waals surface area contributed by atoms with E-state index in [0.717, 1.165) is 23.4 Å². The summed E-state index contributed by atoms with van der Waals surface area (Å²) >= 11 is 0. The molecule has 0 fully saturated rings. The van der Waals surface area contributed by atoms with E-state index in [2.05, 4.69) is 35.9 Å². The lowest BCUT2D eigenvalue weighted by Gasteiger charge is -2.29. The third-order valence-electron chi connectivity index (χ3n) is 6.54. The number of urea groups is 1. The van der Waals surface area contributed by atoms with Crippen LogP contribution in [0.25, 0.3) is 5.69 Å². The van der Waals surface area contributed by atoms with Crippen LogP contribution in [-0.4, -0.2) is 33.1 Å². The van der Waals surface area contributed by atoms with Gasteiger partial charge in [0.1, 0.15) is 0 Å². The highest BCUT2D eigenvalue weighted by Crippen LogP contribution is 2.22. The van der Waals surface area contributed by atoms with Crippen LogP contribution in [0.1, 0.15) is 30.7 Å². The zero-order valence-electron chi connectivity index (χ0n) is 22.2. The number of anilines is 3. The molecular weight excluding hydrogens is 514 g/mol. The van der Waals surface area contributed by atoms with Crippen LogP contribution < -0.4 is 21.5 Å². The van der Waals surface area contributed by atoms with E-state index in [4.69, 9.17) is 4.98 Å². The molecular formula is C30H30F2N6O2. The molecule has 0 spiro atoms. The smallest absolute Gasteiger partial charge is 0.322 e. The van der Waals surface area contributed by atoms with Gasteiger partial charge in [-0.15, -0.1) is 0 Å². The SMILES string of the molecule is CC(C)Nc1cccc(CNc2nc3c(c(=O)n2-c2ccccc2)CN(C(=O)Nc2ccc(F)c(F)c2)CC3)c1. The van der Waals surface area contributed by atoms with Gasteiger partial charge in [0.05, 0.1) is 23.5 Å². The standard InChI is InChI=1S/C30H30F2N6O2/c1-19(2)34-21-8-6-7-20(15-21)17-33-29-36-27-13-14-37(30(40)35-22-11-12-25(31)26(32)16-22)18-24(27)28(39)38(29)23-9-4-3-5-10-23/h3-12,15-16,19,34H,13-14,17-18H2,1-2H3,(H,33,36)(H,35,40). The van der Waals surface area contributed by atoms with E-state index < -0.39 is 17.7 Å². The number of amides is 2. The number of para-hydroxylation sites is 1. The molecule has 0 unspecified atom stereocenters. The molecule has 1 aliphatic heterocycles. The molecule has 5 rings (SSSR count). The summed E-state index contributed by atoms with van der Waals surface area (Å²) < 4.78 is 28.4. The number of carbonyl (C=O) groups excluding carboxylic acids is 1. The second kappa shape index (κ2) is 11.6. The van der Waals surface area contributed by atoms with Crippen molar-refractivity contribution in [1.82, 2.24) is 14.5 Å².